The fourth-order valence-electron chi connectivity index (χ4n) is 8.55. The Kier molecular flexibility index (Phi) is 7.70. The first-order chi connectivity index (χ1) is 20.5. The third-order valence-corrected chi connectivity index (χ3v) is 10.4. The van der Waals surface area contributed by atoms with Crippen LogP contribution >= 0.6 is 0 Å². The number of hydrogen-bond donors (Lipinski definition) is 2. The molecule has 2 aliphatic heterocycles. The number of carbonyl (C=O) groups is 6. The molecule has 0 aromatic heterocycles. The van der Waals surface area contributed by atoms with Gasteiger partial charge in [-0.2, -0.15) is 0 Å². The van der Waals surface area contributed by atoms with Crippen molar-refractivity contribution < 1.29 is 57.6 Å². The first-order valence-electron chi connectivity index (χ1n) is 14.7. The number of esters is 4. The number of methoxy groups -OCH3 is 1. The van der Waals surface area contributed by atoms with Crippen molar-refractivity contribution in [1.82, 2.24) is 0 Å². The van der Waals surface area contributed by atoms with Crippen LogP contribution in [0.15, 0.2) is 23.0 Å². The molecule has 0 radical (unpaired) electrons. The van der Waals surface area contributed by atoms with Crippen molar-refractivity contribution in [1.29, 1.82) is 0 Å². The Morgan fingerprint density at radius 1 is 1.16 bits per heavy atom. The summed E-state index contributed by atoms with van der Waals surface area (Å²) < 4.78 is 28.1. The third-order valence-electron chi connectivity index (χ3n) is 10.4. The summed E-state index contributed by atoms with van der Waals surface area (Å²) >= 11 is 0. The molecule has 3 N–H and O–H groups in total. The second-order valence-electron chi connectivity index (χ2n) is 13.5. The summed E-state index contributed by atoms with van der Waals surface area (Å²) in [7, 11) is 1.05. The van der Waals surface area contributed by atoms with E-state index in [9.17, 15) is 33.9 Å². The summed E-state index contributed by atoms with van der Waals surface area (Å²) in [5.74, 6) is -8.68. The minimum absolute atomic E-state index is 0.0737. The molecule has 4 fully saturated rings. The van der Waals surface area contributed by atoms with Crippen LogP contribution in [0.2, 0.25) is 0 Å². The lowest BCUT2D eigenvalue weighted by molar-refractivity contribution is -0.255. The number of ether oxygens (including phenoxy) is 5. The van der Waals surface area contributed by atoms with Crippen LogP contribution in [-0.2, 0) is 52.5 Å². The predicted molar refractivity (Wildman–Crippen MR) is 148 cm³/mol. The van der Waals surface area contributed by atoms with Crippen molar-refractivity contribution in [3.63, 3.8) is 0 Å². The molecular formula is C31H39NO12. The highest BCUT2D eigenvalue weighted by atomic mass is 16.6. The normalized spacial score (nSPS) is 39.5. The number of aliphatic hydroxyl groups is 1. The van der Waals surface area contributed by atoms with Crippen molar-refractivity contribution in [2.75, 3.05) is 13.7 Å². The second-order valence-corrected chi connectivity index (χ2v) is 13.5. The third kappa shape index (κ3) is 4.15. The fraction of sp³-hybridized carbons (Fsp3) is 0.677. The minimum atomic E-state index is -2.36. The molecule has 2 heterocycles. The number of fused-ring (bicyclic) bond motifs is 2. The Bertz CT molecular complexity index is 1410. The van der Waals surface area contributed by atoms with Gasteiger partial charge in [0.25, 0.3) is 0 Å². The Labute approximate surface area is 254 Å². The van der Waals surface area contributed by atoms with Gasteiger partial charge >= 0.3 is 23.9 Å². The monoisotopic (exact) mass is 617 g/mol. The molecule has 0 amide bonds. The van der Waals surface area contributed by atoms with Gasteiger partial charge in [-0.3, -0.25) is 9.59 Å². The second kappa shape index (κ2) is 10.6. The van der Waals surface area contributed by atoms with E-state index in [-0.39, 0.29) is 31.1 Å². The van der Waals surface area contributed by atoms with E-state index in [2.05, 4.69) is 0 Å². The zero-order valence-electron chi connectivity index (χ0n) is 25.8. The number of nitrogens with two attached hydrogens (primary N) is 1. The summed E-state index contributed by atoms with van der Waals surface area (Å²) in [6.45, 7) is 9.79. The maximum Gasteiger partial charge on any atom is 0.348 e. The maximum atomic E-state index is 14.3. The lowest BCUT2D eigenvalue weighted by Gasteiger charge is -2.65. The Hall–Kier alpha value is -3.42. The first-order valence-corrected chi connectivity index (χ1v) is 14.7. The number of hydrogen-bond acceptors (Lipinski definition) is 13. The molecular weight excluding hydrogens is 578 g/mol. The topological polar surface area (TPSA) is 195 Å². The average Bonchev–Trinajstić information content (AvgIpc) is 3.24. The summed E-state index contributed by atoms with van der Waals surface area (Å²) in [5, 5.41) is 11.6. The molecule has 2 saturated heterocycles. The molecule has 0 aromatic carbocycles. The molecule has 44 heavy (non-hydrogen) atoms. The molecule has 5 rings (SSSR count). The van der Waals surface area contributed by atoms with Crippen molar-refractivity contribution in [3.8, 4) is 0 Å². The molecule has 0 aromatic rings. The lowest BCUT2D eigenvalue weighted by Crippen LogP contribution is -2.78. The molecule has 240 valence electrons. The number of ketones is 2. The van der Waals surface area contributed by atoms with Gasteiger partial charge in [0.1, 0.15) is 12.1 Å². The van der Waals surface area contributed by atoms with Crippen LogP contribution in [0.3, 0.4) is 0 Å². The van der Waals surface area contributed by atoms with E-state index in [0.717, 1.165) is 13.2 Å². The lowest BCUT2D eigenvalue weighted by atomic mass is 9.38. The van der Waals surface area contributed by atoms with Crippen molar-refractivity contribution in [2.24, 2.45) is 40.2 Å². The van der Waals surface area contributed by atoms with Crippen molar-refractivity contribution in [2.45, 2.75) is 84.3 Å². The van der Waals surface area contributed by atoms with Crippen LogP contribution in [-0.4, -0.2) is 84.2 Å². The Balaban J connectivity index is 1.67. The highest BCUT2D eigenvalue weighted by Gasteiger charge is 2.85. The molecule has 2 unspecified atom stereocenters. The van der Waals surface area contributed by atoms with Crippen LogP contribution in [0.1, 0.15) is 54.4 Å². The quantitative estimate of drug-likeness (QED) is 0.240. The van der Waals surface area contributed by atoms with E-state index < -0.39 is 94.0 Å². The van der Waals surface area contributed by atoms with Gasteiger partial charge in [0.05, 0.1) is 25.0 Å². The number of Topliss-reactive ketones (excluding diaryl/α,β-unsaturated/α-hetero) is 2. The van der Waals surface area contributed by atoms with Gasteiger partial charge in [-0.15, -0.1) is 0 Å². The van der Waals surface area contributed by atoms with Gasteiger partial charge < -0.3 is 34.5 Å². The average molecular weight is 618 g/mol. The Morgan fingerprint density at radius 3 is 2.41 bits per heavy atom. The van der Waals surface area contributed by atoms with E-state index in [4.69, 9.17) is 29.4 Å². The predicted octanol–water partition coefficient (Wildman–Crippen LogP) is 0.694. The number of carbonyl (C=O) groups excluding carboxylic acids is 6. The van der Waals surface area contributed by atoms with Crippen molar-refractivity contribution >= 4 is 35.4 Å². The van der Waals surface area contributed by atoms with Gasteiger partial charge in [0.2, 0.25) is 11.7 Å². The van der Waals surface area contributed by atoms with Gasteiger partial charge in [0.15, 0.2) is 23.4 Å². The molecule has 13 heteroatoms. The standard InChI is InChI=1S/C31H39NO12/c1-12(2)8-18(34)43-22-24-30-11-41-31(24,28(39)40-7)25(36)20(35)23(30)29(6)10-16(33)21(44-26(37)19(32)13(3)4)14(5)15(29)9-17(30)42-27(22)38/h8,13,15,17,19,22-25,36H,9-11,32H2,1-7H3/t15-,17+,19-,22+,23?,24+,25-,29-,30+,31?/m0/s1. The van der Waals surface area contributed by atoms with Gasteiger partial charge in [0, 0.05) is 18.4 Å². The SMILES string of the molecule is COC(=O)C12OC[C@]34C(C(=O)[C@@H]1O)[C@@]1(C)CC(=O)C(OC(=O)[C@@H](N)C(C)C)=C(C)[C@@H]1C[C@H]3OC(=O)[C@H](OC(=O)C=C(C)C)[C@@H]24. The van der Waals surface area contributed by atoms with Crippen LogP contribution in [0.25, 0.3) is 0 Å². The highest BCUT2D eigenvalue weighted by molar-refractivity contribution is 6.02. The Morgan fingerprint density at radius 2 is 1.82 bits per heavy atom. The molecule has 1 spiro atoms. The molecule has 2 bridgehead atoms. The van der Waals surface area contributed by atoms with Crippen molar-refractivity contribution in [3.05, 3.63) is 23.0 Å². The van der Waals surface area contributed by atoms with E-state index in [0.29, 0.717) is 11.1 Å². The molecule has 13 nitrogen and oxygen atoms in total. The van der Waals surface area contributed by atoms with Crippen LogP contribution in [0, 0.1) is 34.5 Å². The summed E-state index contributed by atoms with van der Waals surface area (Å²) in [6.07, 6.45) is -3.93. The van der Waals surface area contributed by atoms with Crippen LogP contribution < -0.4 is 5.73 Å². The largest absolute Gasteiger partial charge is 0.467 e. The first kappa shape index (κ1) is 32.0. The molecule has 10 atom stereocenters. The van der Waals surface area contributed by atoms with E-state index in [1.54, 1.807) is 41.5 Å². The number of aliphatic hydroxyl groups excluding tert-OH is 1. The van der Waals surface area contributed by atoms with E-state index >= 15 is 0 Å². The van der Waals surface area contributed by atoms with E-state index in [1.165, 1.54) is 0 Å². The maximum absolute atomic E-state index is 14.3. The number of rotatable bonds is 6. The minimum Gasteiger partial charge on any atom is -0.467 e. The summed E-state index contributed by atoms with van der Waals surface area (Å²) in [4.78, 5) is 80.6. The molecule has 3 aliphatic carbocycles. The summed E-state index contributed by atoms with van der Waals surface area (Å²) in [6, 6.07) is -0.978. The van der Waals surface area contributed by atoms with Gasteiger partial charge in [-0.05, 0) is 50.0 Å². The fourth-order valence-corrected chi connectivity index (χ4v) is 8.55. The van der Waals surface area contributed by atoms with Gasteiger partial charge in [-0.1, -0.05) is 26.3 Å². The zero-order chi connectivity index (χ0) is 32.7. The zero-order valence-corrected chi connectivity index (χ0v) is 25.8. The summed E-state index contributed by atoms with van der Waals surface area (Å²) in [5.41, 5.74) is 1.89. The highest BCUT2D eigenvalue weighted by Crippen LogP contribution is 2.72. The van der Waals surface area contributed by atoms with Crippen LogP contribution in [0.5, 0.6) is 0 Å². The smallest absolute Gasteiger partial charge is 0.348 e. The number of allylic oxidation sites excluding steroid dienone is 3. The van der Waals surface area contributed by atoms with Gasteiger partial charge in [-0.25, -0.2) is 19.2 Å². The molecule has 5 aliphatic rings. The molecule has 2 saturated carbocycles. The van der Waals surface area contributed by atoms with E-state index in [1.807, 2.05) is 0 Å². The van der Waals surface area contributed by atoms with Crippen LogP contribution in [0.4, 0.5) is 0 Å².